The van der Waals surface area contributed by atoms with E-state index >= 15 is 0 Å². The first-order valence-electron chi connectivity index (χ1n) is 8.53. The highest BCUT2D eigenvalue weighted by Crippen LogP contribution is 2.24. The van der Waals surface area contributed by atoms with Gasteiger partial charge in [0, 0.05) is 52.4 Å². The van der Waals surface area contributed by atoms with Gasteiger partial charge in [-0.2, -0.15) is 4.31 Å². The third-order valence-electron chi connectivity index (χ3n) is 4.73. The predicted octanol–water partition coefficient (Wildman–Crippen LogP) is -0.970. The van der Waals surface area contributed by atoms with Crippen molar-refractivity contribution in [2.24, 2.45) is 0 Å². The van der Waals surface area contributed by atoms with Crippen molar-refractivity contribution in [2.45, 2.75) is 18.7 Å². The second-order valence-corrected chi connectivity index (χ2v) is 8.34. The number of piperazine rings is 2. The largest absolute Gasteiger partial charge is 0.360 e. The number of aromatic nitrogens is 1. The normalized spacial score (nSPS) is 20.8. The maximum absolute atomic E-state index is 12.8. The van der Waals surface area contributed by atoms with Crippen LogP contribution >= 0.6 is 0 Å². The topological polar surface area (TPSA) is 99.0 Å². The Balaban J connectivity index is 1.59. The van der Waals surface area contributed by atoms with E-state index in [2.05, 4.69) is 15.4 Å². The summed E-state index contributed by atoms with van der Waals surface area (Å²) in [5, 5.41) is 6.99. The van der Waals surface area contributed by atoms with Crippen LogP contribution in [0, 0.1) is 13.8 Å². The molecule has 140 valence electrons. The molecular weight excluding hydrogens is 346 g/mol. The van der Waals surface area contributed by atoms with Gasteiger partial charge in [-0.3, -0.25) is 9.69 Å². The Morgan fingerprint density at radius 3 is 2.32 bits per heavy atom. The molecule has 9 nitrogen and oxygen atoms in total. The summed E-state index contributed by atoms with van der Waals surface area (Å²) >= 11 is 0. The van der Waals surface area contributed by atoms with Crippen LogP contribution in [0.1, 0.15) is 11.5 Å². The molecule has 0 unspecified atom stereocenters. The molecule has 1 amide bonds. The van der Waals surface area contributed by atoms with Gasteiger partial charge in [-0.05, 0) is 13.8 Å². The number of nitrogens with one attached hydrogen (secondary N) is 1. The zero-order chi connectivity index (χ0) is 18.0. The van der Waals surface area contributed by atoms with Crippen LogP contribution in [0.4, 0.5) is 0 Å². The van der Waals surface area contributed by atoms with Gasteiger partial charge in [0.2, 0.25) is 15.9 Å². The maximum atomic E-state index is 12.8. The molecule has 0 atom stereocenters. The number of hydrogen-bond acceptors (Lipinski definition) is 7. The van der Waals surface area contributed by atoms with Crippen molar-refractivity contribution in [1.82, 2.24) is 24.6 Å². The highest BCUT2D eigenvalue weighted by atomic mass is 32.2. The second kappa shape index (κ2) is 7.40. The lowest BCUT2D eigenvalue weighted by molar-refractivity contribution is -0.133. The van der Waals surface area contributed by atoms with Gasteiger partial charge in [0.05, 0.1) is 6.54 Å². The number of aryl methyl sites for hydroxylation is 2. The Hall–Kier alpha value is -1.49. The molecule has 10 heteroatoms. The molecule has 3 rings (SSSR count). The highest BCUT2D eigenvalue weighted by Gasteiger charge is 2.34. The molecule has 2 saturated heterocycles. The van der Waals surface area contributed by atoms with Crippen molar-refractivity contribution in [1.29, 1.82) is 0 Å². The summed E-state index contributed by atoms with van der Waals surface area (Å²) in [6, 6.07) is 0. The van der Waals surface area contributed by atoms with Gasteiger partial charge in [0.25, 0.3) is 0 Å². The monoisotopic (exact) mass is 371 g/mol. The van der Waals surface area contributed by atoms with Gasteiger partial charge in [-0.1, -0.05) is 5.16 Å². The summed E-state index contributed by atoms with van der Waals surface area (Å²) in [7, 11) is -3.64. The Labute approximate surface area is 148 Å². The Morgan fingerprint density at radius 1 is 1.12 bits per heavy atom. The summed E-state index contributed by atoms with van der Waals surface area (Å²) in [5.74, 6) is 0.367. The predicted molar refractivity (Wildman–Crippen MR) is 90.6 cm³/mol. The van der Waals surface area contributed by atoms with Crippen molar-refractivity contribution in [3.8, 4) is 0 Å². The minimum atomic E-state index is -3.64. The van der Waals surface area contributed by atoms with Gasteiger partial charge in [0.15, 0.2) is 5.76 Å². The summed E-state index contributed by atoms with van der Waals surface area (Å²) in [5.41, 5.74) is 0.370. The van der Waals surface area contributed by atoms with Crippen LogP contribution in [0.3, 0.4) is 0 Å². The number of carbonyl (C=O) groups is 1. The number of hydrogen-bond donors (Lipinski definition) is 1. The van der Waals surface area contributed by atoms with Crippen molar-refractivity contribution in [3.63, 3.8) is 0 Å². The molecule has 0 aliphatic carbocycles. The fourth-order valence-corrected chi connectivity index (χ4v) is 5.02. The summed E-state index contributed by atoms with van der Waals surface area (Å²) in [6.45, 7) is 8.56. The average Bonchev–Trinajstić information content (AvgIpc) is 2.95. The molecule has 1 aromatic rings. The third-order valence-corrected chi connectivity index (χ3v) is 6.87. The number of nitrogens with zero attached hydrogens (tertiary/aromatic N) is 4. The van der Waals surface area contributed by atoms with E-state index in [1.54, 1.807) is 18.7 Å². The molecule has 0 saturated carbocycles. The molecule has 2 aliphatic rings. The van der Waals surface area contributed by atoms with Crippen LogP contribution in [0.15, 0.2) is 9.42 Å². The Kier molecular flexibility index (Phi) is 5.42. The van der Waals surface area contributed by atoms with E-state index in [1.165, 1.54) is 4.31 Å². The first kappa shape index (κ1) is 18.3. The smallest absolute Gasteiger partial charge is 0.248 e. The molecule has 2 fully saturated rings. The van der Waals surface area contributed by atoms with Gasteiger partial charge in [-0.15, -0.1) is 0 Å². The Bertz CT molecular complexity index is 699. The SMILES string of the molecule is Cc1noc(C)c1S(=O)(=O)N1CCN(C(=O)CN2CCNCC2)CC1. The molecular formula is C15H25N5O4S. The number of sulfonamides is 1. The summed E-state index contributed by atoms with van der Waals surface area (Å²) in [6.07, 6.45) is 0. The minimum absolute atomic E-state index is 0.0660. The van der Waals surface area contributed by atoms with E-state index in [0.717, 1.165) is 26.2 Å². The Morgan fingerprint density at radius 2 is 1.76 bits per heavy atom. The maximum Gasteiger partial charge on any atom is 0.248 e. The quantitative estimate of drug-likeness (QED) is 0.727. The third kappa shape index (κ3) is 3.86. The lowest BCUT2D eigenvalue weighted by Crippen LogP contribution is -2.54. The van der Waals surface area contributed by atoms with Crippen LogP contribution in [0.2, 0.25) is 0 Å². The van der Waals surface area contributed by atoms with Crippen molar-refractivity contribution < 1.29 is 17.7 Å². The zero-order valence-electron chi connectivity index (χ0n) is 14.7. The molecule has 0 radical (unpaired) electrons. The van der Waals surface area contributed by atoms with Crippen LogP contribution < -0.4 is 5.32 Å². The van der Waals surface area contributed by atoms with Crippen molar-refractivity contribution in [2.75, 3.05) is 58.9 Å². The summed E-state index contributed by atoms with van der Waals surface area (Å²) in [4.78, 5) is 16.5. The fourth-order valence-electron chi connectivity index (χ4n) is 3.31. The van der Waals surface area contributed by atoms with Crippen LogP contribution in [-0.4, -0.2) is 92.5 Å². The van der Waals surface area contributed by atoms with E-state index in [4.69, 9.17) is 4.52 Å². The van der Waals surface area contributed by atoms with Crippen LogP contribution in [-0.2, 0) is 14.8 Å². The van der Waals surface area contributed by atoms with Gasteiger partial charge >= 0.3 is 0 Å². The first-order valence-corrected chi connectivity index (χ1v) is 9.97. The minimum Gasteiger partial charge on any atom is -0.360 e. The van der Waals surface area contributed by atoms with E-state index < -0.39 is 10.0 Å². The molecule has 0 spiro atoms. The molecule has 0 aromatic carbocycles. The van der Waals surface area contributed by atoms with E-state index in [9.17, 15) is 13.2 Å². The summed E-state index contributed by atoms with van der Waals surface area (Å²) < 4.78 is 32.0. The number of rotatable bonds is 4. The zero-order valence-corrected chi connectivity index (χ0v) is 15.5. The van der Waals surface area contributed by atoms with Gasteiger partial charge in [-0.25, -0.2) is 8.42 Å². The van der Waals surface area contributed by atoms with E-state index in [1.807, 2.05) is 0 Å². The first-order chi connectivity index (χ1) is 11.9. The number of amides is 1. The van der Waals surface area contributed by atoms with Crippen molar-refractivity contribution >= 4 is 15.9 Å². The highest BCUT2D eigenvalue weighted by molar-refractivity contribution is 7.89. The van der Waals surface area contributed by atoms with E-state index in [-0.39, 0.29) is 10.8 Å². The fraction of sp³-hybridized carbons (Fsp3) is 0.733. The van der Waals surface area contributed by atoms with Crippen molar-refractivity contribution in [3.05, 3.63) is 11.5 Å². The molecule has 25 heavy (non-hydrogen) atoms. The molecule has 2 aliphatic heterocycles. The second-order valence-electron chi connectivity index (χ2n) is 6.46. The molecule has 3 heterocycles. The average molecular weight is 371 g/mol. The number of carbonyl (C=O) groups excluding carboxylic acids is 1. The lowest BCUT2D eigenvalue weighted by Gasteiger charge is -2.35. The van der Waals surface area contributed by atoms with Crippen LogP contribution in [0.5, 0.6) is 0 Å². The van der Waals surface area contributed by atoms with E-state index in [0.29, 0.717) is 44.2 Å². The molecule has 1 N–H and O–H groups in total. The van der Waals surface area contributed by atoms with Gasteiger partial charge in [0.1, 0.15) is 10.6 Å². The standard InChI is InChI=1S/C15H25N5O4S/c1-12-15(13(2)24-17-12)25(22,23)20-9-7-19(8-10-20)14(21)11-18-5-3-16-4-6-18/h16H,3-11H2,1-2H3. The van der Waals surface area contributed by atoms with Crippen LogP contribution in [0.25, 0.3) is 0 Å². The van der Waals surface area contributed by atoms with Gasteiger partial charge < -0.3 is 14.7 Å². The molecule has 1 aromatic heterocycles. The lowest BCUT2D eigenvalue weighted by atomic mass is 10.3. The molecule has 0 bridgehead atoms.